The summed E-state index contributed by atoms with van der Waals surface area (Å²) < 4.78 is 19.2. The number of hydrogen-bond acceptors (Lipinski definition) is 3. The lowest BCUT2D eigenvalue weighted by molar-refractivity contribution is 0.0955. The molecule has 4 nitrogen and oxygen atoms in total. The summed E-state index contributed by atoms with van der Waals surface area (Å²) in [6, 6.07) is 16.0. The number of carbonyl (C=O) groups is 1. The van der Waals surface area contributed by atoms with E-state index in [1.54, 1.807) is 54.6 Å². The monoisotopic (exact) mass is 342 g/mol. The highest BCUT2D eigenvalue weighted by molar-refractivity contribution is 6.30. The predicted octanol–water partition coefficient (Wildman–Crippen LogP) is 4.50. The highest BCUT2D eigenvalue weighted by Crippen LogP contribution is 2.24. The van der Waals surface area contributed by atoms with Crippen LogP contribution in [0, 0.1) is 5.82 Å². The molecule has 0 saturated carbocycles. The molecular formula is C18H12ClFN2O2. The lowest BCUT2D eigenvalue weighted by atomic mass is 10.1. The van der Waals surface area contributed by atoms with Crippen molar-refractivity contribution in [1.29, 1.82) is 0 Å². The Morgan fingerprint density at radius 3 is 2.58 bits per heavy atom. The Bertz CT molecular complexity index is 888. The zero-order valence-electron chi connectivity index (χ0n) is 12.4. The van der Waals surface area contributed by atoms with Gasteiger partial charge in [0.25, 0.3) is 5.91 Å². The van der Waals surface area contributed by atoms with Crippen molar-refractivity contribution in [2.24, 2.45) is 5.10 Å². The van der Waals surface area contributed by atoms with E-state index in [9.17, 15) is 9.18 Å². The van der Waals surface area contributed by atoms with E-state index < -0.39 is 0 Å². The molecule has 1 amide bonds. The van der Waals surface area contributed by atoms with Gasteiger partial charge >= 0.3 is 0 Å². The van der Waals surface area contributed by atoms with Crippen LogP contribution in [0.3, 0.4) is 0 Å². The van der Waals surface area contributed by atoms with Crippen LogP contribution in [0.4, 0.5) is 4.39 Å². The van der Waals surface area contributed by atoms with Crippen LogP contribution in [0.15, 0.2) is 70.2 Å². The average molecular weight is 343 g/mol. The molecule has 120 valence electrons. The molecule has 0 aliphatic carbocycles. The highest BCUT2D eigenvalue weighted by atomic mass is 35.5. The summed E-state index contributed by atoms with van der Waals surface area (Å²) in [5, 5.41) is 4.37. The van der Waals surface area contributed by atoms with Gasteiger partial charge in [0.1, 0.15) is 17.3 Å². The van der Waals surface area contributed by atoms with Crippen molar-refractivity contribution < 1.29 is 13.6 Å². The fourth-order valence-electron chi connectivity index (χ4n) is 2.05. The summed E-state index contributed by atoms with van der Waals surface area (Å²) in [6.45, 7) is 0. The third-order valence-electron chi connectivity index (χ3n) is 3.23. The summed E-state index contributed by atoms with van der Waals surface area (Å²) in [5.74, 6) is 0.0402. The number of hydrogen-bond donors (Lipinski definition) is 1. The molecule has 0 aliphatic rings. The average Bonchev–Trinajstić information content (AvgIpc) is 3.04. The first-order valence-corrected chi connectivity index (χ1v) is 7.45. The summed E-state index contributed by atoms with van der Waals surface area (Å²) in [4.78, 5) is 11.9. The number of furan rings is 1. The molecule has 0 spiro atoms. The third-order valence-corrected chi connectivity index (χ3v) is 3.48. The van der Waals surface area contributed by atoms with Gasteiger partial charge in [-0.2, -0.15) is 5.10 Å². The van der Waals surface area contributed by atoms with E-state index in [0.717, 1.165) is 0 Å². The van der Waals surface area contributed by atoms with Crippen LogP contribution in [-0.2, 0) is 0 Å². The topological polar surface area (TPSA) is 54.6 Å². The summed E-state index contributed by atoms with van der Waals surface area (Å²) in [5.41, 5.74) is 3.18. The third kappa shape index (κ3) is 3.70. The molecule has 24 heavy (non-hydrogen) atoms. The number of rotatable bonds is 4. The van der Waals surface area contributed by atoms with Crippen LogP contribution < -0.4 is 5.43 Å². The lowest BCUT2D eigenvalue weighted by Gasteiger charge is -1.99. The van der Waals surface area contributed by atoms with Crippen LogP contribution in [0.2, 0.25) is 5.02 Å². The van der Waals surface area contributed by atoms with Crippen molar-refractivity contribution in [2.75, 3.05) is 0 Å². The van der Waals surface area contributed by atoms with Gasteiger partial charge in [-0.1, -0.05) is 23.7 Å². The van der Waals surface area contributed by atoms with Crippen molar-refractivity contribution in [3.8, 4) is 11.3 Å². The van der Waals surface area contributed by atoms with Gasteiger partial charge in [-0.3, -0.25) is 4.79 Å². The molecule has 6 heteroatoms. The van der Waals surface area contributed by atoms with E-state index in [1.807, 2.05) is 0 Å². The van der Waals surface area contributed by atoms with Crippen LogP contribution >= 0.6 is 11.6 Å². The number of amides is 1. The Morgan fingerprint density at radius 1 is 1.08 bits per heavy atom. The van der Waals surface area contributed by atoms with Gasteiger partial charge in [-0.25, -0.2) is 9.82 Å². The SMILES string of the molecule is O=C(N/N=C\c1ccc(-c2ccccc2F)o1)c1ccc(Cl)cc1. The maximum atomic E-state index is 13.7. The fraction of sp³-hybridized carbons (Fsp3) is 0. The number of nitrogens with zero attached hydrogens (tertiary/aromatic N) is 1. The molecule has 0 unspecified atom stereocenters. The van der Waals surface area contributed by atoms with Crippen LogP contribution in [0.1, 0.15) is 16.1 Å². The van der Waals surface area contributed by atoms with Gasteiger partial charge in [0.05, 0.1) is 11.8 Å². The first-order valence-electron chi connectivity index (χ1n) is 7.07. The van der Waals surface area contributed by atoms with E-state index >= 15 is 0 Å². The lowest BCUT2D eigenvalue weighted by Crippen LogP contribution is -2.17. The fourth-order valence-corrected chi connectivity index (χ4v) is 2.17. The Kier molecular flexibility index (Phi) is 4.72. The van der Waals surface area contributed by atoms with E-state index in [1.165, 1.54) is 12.3 Å². The minimum atomic E-state index is -0.371. The molecule has 0 radical (unpaired) electrons. The maximum Gasteiger partial charge on any atom is 0.271 e. The smallest absolute Gasteiger partial charge is 0.271 e. The molecule has 1 N–H and O–H groups in total. The van der Waals surface area contributed by atoms with Gasteiger partial charge in [0.15, 0.2) is 0 Å². The molecule has 0 bridgehead atoms. The van der Waals surface area contributed by atoms with E-state index in [2.05, 4.69) is 10.5 Å². The number of carbonyl (C=O) groups excluding carboxylic acids is 1. The van der Waals surface area contributed by atoms with Gasteiger partial charge in [0.2, 0.25) is 0 Å². The van der Waals surface area contributed by atoms with Gasteiger partial charge in [0, 0.05) is 10.6 Å². The first-order chi connectivity index (χ1) is 11.6. The Labute approximate surface area is 142 Å². The molecule has 1 aromatic heterocycles. The standard InChI is InChI=1S/C18H12ClFN2O2/c19-13-7-5-12(6-8-13)18(23)22-21-11-14-9-10-17(24-14)15-3-1-2-4-16(15)20/h1-11H,(H,22,23)/b21-11-. The summed E-state index contributed by atoms with van der Waals surface area (Å²) in [7, 11) is 0. The van der Waals surface area contributed by atoms with Crippen molar-refractivity contribution in [2.45, 2.75) is 0 Å². The highest BCUT2D eigenvalue weighted by Gasteiger charge is 2.08. The number of hydrazone groups is 1. The van der Waals surface area contributed by atoms with Crippen LogP contribution in [0.25, 0.3) is 11.3 Å². The minimum absolute atomic E-state index is 0.363. The van der Waals surface area contributed by atoms with E-state index in [4.69, 9.17) is 16.0 Å². The molecule has 0 fully saturated rings. The second-order valence-electron chi connectivity index (χ2n) is 4.89. The van der Waals surface area contributed by atoms with E-state index in [0.29, 0.717) is 27.7 Å². The summed E-state index contributed by atoms with van der Waals surface area (Å²) >= 11 is 5.76. The molecule has 0 aliphatic heterocycles. The minimum Gasteiger partial charge on any atom is -0.455 e. The maximum absolute atomic E-state index is 13.7. The zero-order chi connectivity index (χ0) is 16.9. The largest absolute Gasteiger partial charge is 0.455 e. The quantitative estimate of drug-likeness (QED) is 0.560. The van der Waals surface area contributed by atoms with Crippen molar-refractivity contribution in [1.82, 2.24) is 5.43 Å². The van der Waals surface area contributed by atoms with Crippen LogP contribution in [0.5, 0.6) is 0 Å². The van der Waals surface area contributed by atoms with Gasteiger partial charge < -0.3 is 4.42 Å². The Morgan fingerprint density at radius 2 is 1.83 bits per heavy atom. The molecule has 2 aromatic carbocycles. The Hall–Kier alpha value is -2.92. The predicted molar refractivity (Wildman–Crippen MR) is 90.6 cm³/mol. The van der Waals surface area contributed by atoms with E-state index in [-0.39, 0.29) is 11.7 Å². The molecule has 0 atom stereocenters. The molecule has 3 rings (SSSR count). The number of halogens is 2. The first kappa shape index (κ1) is 16.0. The van der Waals surface area contributed by atoms with Crippen LogP contribution in [-0.4, -0.2) is 12.1 Å². The zero-order valence-corrected chi connectivity index (χ0v) is 13.1. The van der Waals surface area contributed by atoms with Gasteiger partial charge in [-0.15, -0.1) is 0 Å². The Balaban J connectivity index is 1.66. The number of nitrogens with one attached hydrogen (secondary N) is 1. The molecule has 0 saturated heterocycles. The second-order valence-corrected chi connectivity index (χ2v) is 5.32. The van der Waals surface area contributed by atoms with Gasteiger partial charge in [-0.05, 0) is 48.5 Å². The van der Waals surface area contributed by atoms with Crippen molar-refractivity contribution in [3.05, 3.63) is 82.8 Å². The summed E-state index contributed by atoms with van der Waals surface area (Å²) in [6.07, 6.45) is 1.35. The molecular weight excluding hydrogens is 331 g/mol. The van der Waals surface area contributed by atoms with Crippen molar-refractivity contribution >= 4 is 23.7 Å². The van der Waals surface area contributed by atoms with Crippen molar-refractivity contribution in [3.63, 3.8) is 0 Å². The normalized spacial score (nSPS) is 10.9. The molecule has 1 heterocycles. The second kappa shape index (κ2) is 7.10. The molecule has 3 aromatic rings. The number of benzene rings is 2.